The van der Waals surface area contributed by atoms with E-state index >= 15 is 0 Å². The molecule has 0 spiro atoms. The lowest BCUT2D eigenvalue weighted by atomic mass is 10.1. The number of ether oxygens (including phenoxy) is 1. The van der Waals surface area contributed by atoms with Gasteiger partial charge in [0.25, 0.3) is 0 Å². The van der Waals surface area contributed by atoms with E-state index in [2.05, 4.69) is 13.0 Å². The second-order valence-corrected chi connectivity index (χ2v) is 2.60. The van der Waals surface area contributed by atoms with Crippen molar-refractivity contribution >= 4 is 0 Å². The second kappa shape index (κ2) is 3.54. The third-order valence-electron chi connectivity index (χ3n) is 1.64. The summed E-state index contributed by atoms with van der Waals surface area (Å²) >= 11 is 0. The lowest BCUT2D eigenvalue weighted by Crippen LogP contribution is -2.04. The maximum absolute atomic E-state index is 5.30. The Bertz CT molecular complexity index is 96.7. The maximum atomic E-state index is 5.30. The topological polar surface area (TPSA) is 9.23 Å². The van der Waals surface area contributed by atoms with Crippen LogP contribution in [0.5, 0.6) is 0 Å². The Morgan fingerprint density at radius 1 is 1.44 bits per heavy atom. The fourth-order valence-corrected chi connectivity index (χ4v) is 1.02. The SMILES string of the molecule is CC1CCCC/C=C\O1. The summed E-state index contributed by atoms with van der Waals surface area (Å²) in [6.45, 7) is 2.12. The van der Waals surface area contributed by atoms with E-state index in [1.165, 1.54) is 25.7 Å². The average Bonchev–Trinajstić information content (AvgIpc) is 1.79. The second-order valence-electron chi connectivity index (χ2n) is 2.60. The summed E-state index contributed by atoms with van der Waals surface area (Å²) in [5.41, 5.74) is 0. The molecular formula is C8H14O. The minimum absolute atomic E-state index is 0.432. The Kier molecular flexibility index (Phi) is 2.62. The molecule has 0 aliphatic carbocycles. The molecule has 1 heterocycles. The summed E-state index contributed by atoms with van der Waals surface area (Å²) < 4.78 is 5.30. The molecule has 1 aliphatic rings. The van der Waals surface area contributed by atoms with Crippen LogP contribution in [0.25, 0.3) is 0 Å². The highest BCUT2D eigenvalue weighted by Gasteiger charge is 2.00. The summed E-state index contributed by atoms with van der Waals surface area (Å²) in [5, 5.41) is 0. The van der Waals surface area contributed by atoms with Crippen LogP contribution in [0.15, 0.2) is 12.3 Å². The molecule has 0 radical (unpaired) electrons. The molecule has 0 aromatic rings. The van der Waals surface area contributed by atoms with Gasteiger partial charge in [0.1, 0.15) is 0 Å². The first-order chi connectivity index (χ1) is 4.39. The Labute approximate surface area is 56.7 Å². The Balaban J connectivity index is 2.28. The van der Waals surface area contributed by atoms with Crippen LogP contribution in [0.3, 0.4) is 0 Å². The van der Waals surface area contributed by atoms with E-state index in [1.807, 2.05) is 6.26 Å². The van der Waals surface area contributed by atoms with Crippen LogP contribution < -0.4 is 0 Å². The van der Waals surface area contributed by atoms with E-state index < -0.39 is 0 Å². The fraction of sp³-hybridized carbons (Fsp3) is 0.750. The minimum atomic E-state index is 0.432. The van der Waals surface area contributed by atoms with Gasteiger partial charge in [-0.25, -0.2) is 0 Å². The molecule has 0 N–H and O–H groups in total. The predicted octanol–water partition coefficient (Wildman–Crippen LogP) is 2.48. The van der Waals surface area contributed by atoms with Crippen molar-refractivity contribution < 1.29 is 4.74 Å². The Morgan fingerprint density at radius 3 is 3.22 bits per heavy atom. The van der Waals surface area contributed by atoms with Crippen LogP contribution in [-0.4, -0.2) is 6.10 Å². The molecule has 1 unspecified atom stereocenters. The molecule has 1 nitrogen and oxygen atoms in total. The van der Waals surface area contributed by atoms with Crippen molar-refractivity contribution in [2.45, 2.75) is 38.7 Å². The molecule has 0 saturated heterocycles. The molecule has 0 aromatic heterocycles. The van der Waals surface area contributed by atoms with Crippen molar-refractivity contribution in [2.24, 2.45) is 0 Å². The molecular weight excluding hydrogens is 112 g/mol. The van der Waals surface area contributed by atoms with Crippen LogP contribution >= 0.6 is 0 Å². The van der Waals surface area contributed by atoms with Gasteiger partial charge >= 0.3 is 0 Å². The summed E-state index contributed by atoms with van der Waals surface area (Å²) in [6.07, 6.45) is 9.41. The zero-order valence-corrected chi connectivity index (χ0v) is 5.97. The summed E-state index contributed by atoms with van der Waals surface area (Å²) in [5.74, 6) is 0. The van der Waals surface area contributed by atoms with Gasteiger partial charge in [-0.2, -0.15) is 0 Å². The fourth-order valence-electron chi connectivity index (χ4n) is 1.02. The predicted molar refractivity (Wildman–Crippen MR) is 38.2 cm³/mol. The largest absolute Gasteiger partial charge is 0.499 e. The summed E-state index contributed by atoms with van der Waals surface area (Å²) in [6, 6.07) is 0. The first-order valence-corrected chi connectivity index (χ1v) is 3.70. The van der Waals surface area contributed by atoms with Crippen molar-refractivity contribution in [1.29, 1.82) is 0 Å². The maximum Gasteiger partial charge on any atom is 0.0950 e. The van der Waals surface area contributed by atoms with E-state index in [0.717, 1.165) is 0 Å². The molecule has 1 heteroatoms. The van der Waals surface area contributed by atoms with Gasteiger partial charge in [0, 0.05) is 0 Å². The van der Waals surface area contributed by atoms with Gasteiger partial charge in [-0.1, -0.05) is 0 Å². The molecule has 1 aliphatic heterocycles. The highest BCUT2D eigenvalue weighted by Crippen LogP contribution is 2.10. The van der Waals surface area contributed by atoms with Gasteiger partial charge in [0.15, 0.2) is 0 Å². The molecule has 0 saturated carbocycles. The van der Waals surface area contributed by atoms with Crippen molar-refractivity contribution in [3.8, 4) is 0 Å². The number of allylic oxidation sites excluding steroid dienone is 1. The van der Waals surface area contributed by atoms with Gasteiger partial charge in [-0.05, 0) is 38.7 Å². The zero-order valence-electron chi connectivity index (χ0n) is 5.97. The highest BCUT2D eigenvalue weighted by molar-refractivity contribution is 4.76. The normalized spacial score (nSPS) is 31.9. The van der Waals surface area contributed by atoms with E-state index in [9.17, 15) is 0 Å². The van der Waals surface area contributed by atoms with Gasteiger partial charge in [0.2, 0.25) is 0 Å². The van der Waals surface area contributed by atoms with E-state index in [1.54, 1.807) is 0 Å². The first kappa shape index (κ1) is 6.66. The number of hydrogen-bond donors (Lipinski definition) is 0. The standard InChI is InChI=1S/C8H14O/c1-8-6-4-2-3-5-7-9-8/h5,7-8H,2-4,6H2,1H3/b7-5-. The smallest absolute Gasteiger partial charge is 0.0950 e. The molecule has 1 rings (SSSR count). The number of rotatable bonds is 0. The minimum Gasteiger partial charge on any atom is -0.499 e. The molecule has 0 fully saturated rings. The summed E-state index contributed by atoms with van der Waals surface area (Å²) in [4.78, 5) is 0. The highest BCUT2D eigenvalue weighted by atomic mass is 16.5. The lowest BCUT2D eigenvalue weighted by Gasteiger charge is -2.12. The van der Waals surface area contributed by atoms with Crippen molar-refractivity contribution in [3.63, 3.8) is 0 Å². The van der Waals surface area contributed by atoms with Crippen LogP contribution in [0.1, 0.15) is 32.6 Å². The molecule has 9 heavy (non-hydrogen) atoms. The van der Waals surface area contributed by atoms with Crippen LogP contribution in [0, 0.1) is 0 Å². The Morgan fingerprint density at radius 2 is 2.33 bits per heavy atom. The van der Waals surface area contributed by atoms with Crippen LogP contribution in [-0.2, 0) is 4.74 Å². The first-order valence-electron chi connectivity index (χ1n) is 3.70. The van der Waals surface area contributed by atoms with Crippen molar-refractivity contribution in [2.75, 3.05) is 0 Å². The Hall–Kier alpha value is -0.460. The molecule has 0 amide bonds. The average molecular weight is 126 g/mol. The molecule has 0 bridgehead atoms. The van der Waals surface area contributed by atoms with Crippen molar-refractivity contribution in [1.82, 2.24) is 0 Å². The van der Waals surface area contributed by atoms with Gasteiger partial charge in [-0.3, -0.25) is 0 Å². The quantitative estimate of drug-likeness (QED) is 0.484. The zero-order chi connectivity index (χ0) is 6.53. The van der Waals surface area contributed by atoms with Crippen LogP contribution in [0.2, 0.25) is 0 Å². The van der Waals surface area contributed by atoms with Crippen molar-refractivity contribution in [3.05, 3.63) is 12.3 Å². The third-order valence-corrected chi connectivity index (χ3v) is 1.64. The van der Waals surface area contributed by atoms with E-state index in [4.69, 9.17) is 4.74 Å². The molecule has 52 valence electrons. The monoisotopic (exact) mass is 126 g/mol. The number of hydrogen-bond acceptors (Lipinski definition) is 1. The molecule has 0 aromatic carbocycles. The molecule has 1 atom stereocenters. The van der Waals surface area contributed by atoms with E-state index in [-0.39, 0.29) is 0 Å². The summed E-state index contributed by atoms with van der Waals surface area (Å²) in [7, 11) is 0. The van der Waals surface area contributed by atoms with Crippen LogP contribution in [0.4, 0.5) is 0 Å². The third kappa shape index (κ3) is 2.54. The van der Waals surface area contributed by atoms with E-state index in [0.29, 0.717) is 6.10 Å². The van der Waals surface area contributed by atoms with Gasteiger partial charge < -0.3 is 4.74 Å². The lowest BCUT2D eigenvalue weighted by molar-refractivity contribution is 0.145. The van der Waals surface area contributed by atoms with Gasteiger partial charge in [-0.15, -0.1) is 0 Å². The van der Waals surface area contributed by atoms with Gasteiger partial charge in [0.05, 0.1) is 12.4 Å².